The third-order valence-electron chi connectivity index (χ3n) is 0.357. The summed E-state index contributed by atoms with van der Waals surface area (Å²) >= 11 is 0. The molecule has 1 atom stereocenters. The normalized spacial score (nSPS) is 11.8. The summed E-state index contributed by atoms with van der Waals surface area (Å²) in [4.78, 5) is 31.0. The molecule has 0 heterocycles. The van der Waals surface area contributed by atoms with Crippen molar-refractivity contribution < 1.29 is 34.3 Å². The van der Waals surface area contributed by atoms with Gasteiger partial charge in [-0.25, -0.2) is 9.36 Å². The number of carboxylic acid groups (broad SMARTS) is 1. The Hall–Kier alpha value is 0.0725. The van der Waals surface area contributed by atoms with E-state index in [-0.39, 0.29) is 17.4 Å². The molecule has 0 bridgehead atoms. The van der Waals surface area contributed by atoms with Crippen LogP contribution in [0, 0.1) is 0 Å². The molecule has 0 saturated carbocycles. The van der Waals surface area contributed by atoms with E-state index in [9.17, 15) is 4.79 Å². The molecule has 0 saturated heterocycles. The maximum Gasteiger partial charge on any atom is 0.466 e. The van der Waals surface area contributed by atoms with Gasteiger partial charge >= 0.3 is 13.8 Å². The standard InChI is InChI=1S/C3H6O3.Al.H3O4P.3H/c1-2(4)3(5)6;;1-5(2,3)4;;;/h2,4H,1H3,(H,5,6);;(H3,1,2,3,4);;;. The van der Waals surface area contributed by atoms with Gasteiger partial charge in [0, 0.05) is 0 Å². The molecule has 0 fully saturated rings. The number of hydrogen-bond donors (Lipinski definition) is 5. The Morgan fingerprint density at radius 3 is 1.42 bits per heavy atom. The lowest BCUT2D eigenvalue weighted by atomic mass is 10.4. The Kier molecular flexibility index (Phi) is 11.5. The van der Waals surface area contributed by atoms with E-state index in [0.717, 1.165) is 0 Å². The Morgan fingerprint density at radius 1 is 1.33 bits per heavy atom. The van der Waals surface area contributed by atoms with Gasteiger partial charge in [0.2, 0.25) is 0 Å². The van der Waals surface area contributed by atoms with Crippen LogP contribution >= 0.6 is 7.82 Å². The largest absolute Gasteiger partial charge is 0.479 e. The molecule has 1 unspecified atom stereocenters. The molecule has 7 nitrogen and oxygen atoms in total. The van der Waals surface area contributed by atoms with Crippen molar-refractivity contribution in [3.8, 4) is 0 Å². The van der Waals surface area contributed by atoms with E-state index in [2.05, 4.69) is 0 Å². The van der Waals surface area contributed by atoms with Crippen LogP contribution in [0.2, 0.25) is 0 Å². The molecule has 12 heavy (non-hydrogen) atoms. The highest BCUT2D eigenvalue weighted by atomic mass is 31.2. The van der Waals surface area contributed by atoms with E-state index >= 15 is 0 Å². The predicted octanol–water partition coefficient (Wildman–Crippen LogP) is -2.66. The van der Waals surface area contributed by atoms with E-state index in [4.69, 9.17) is 29.5 Å². The Morgan fingerprint density at radius 2 is 1.42 bits per heavy atom. The summed E-state index contributed by atoms with van der Waals surface area (Å²) in [7, 11) is -4.64. The second kappa shape index (κ2) is 7.71. The zero-order valence-corrected chi connectivity index (χ0v) is 6.47. The zero-order valence-electron chi connectivity index (χ0n) is 5.58. The fraction of sp³-hybridized carbons (Fsp3) is 0.667. The van der Waals surface area contributed by atoms with E-state index < -0.39 is 19.9 Å². The van der Waals surface area contributed by atoms with Crippen LogP contribution in [0.4, 0.5) is 0 Å². The van der Waals surface area contributed by atoms with E-state index in [1.165, 1.54) is 6.92 Å². The summed E-state index contributed by atoms with van der Waals surface area (Å²) in [5, 5.41) is 15.8. The molecule has 0 spiro atoms. The van der Waals surface area contributed by atoms with Crippen LogP contribution in [-0.4, -0.2) is 54.3 Å². The van der Waals surface area contributed by atoms with Crippen LogP contribution in [0.5, 0.6) is 0 Å². The van der Waals surface area contributed by atoms with Crippen molar-refractivity contribution in [3.63, 3.8) is 0 Å². The van der Waals surface area contributed by atoms with Gasteiger partial charge in [-0.15, -0.1) is 0 Å². The lowest BCUT2D eigenvalue weighted by molar-refractivity contribution is -0.145. The highest BCUT2D eigenvalue weighted by Gasteiger charge is 2.01. The minimum Gasteiger partial charge on any atom is -0.479 e. The monoisotopic (exact) mass is 218 g/mol. The molecule has 0 aliphatic heterocycles. The number of carboxylic acids is 1. The molecular weight excluding hydrogens is 206 g/mol. The lowest BCUT2D eigenvalue weighted by Crippen LogP contribution is -2.13. The van der Waals surface area contributed by atoms with Crippen LogP contribution in [-0.2, 0) is 9.36 Å². The molecule has 0 aliphatic carbocycles. The smallest absolute Gasteiger partial charge is 0.466 e. The first-order valence-corrected chi connectivity index (χ1v) is 3.90. The van der Waals surface area contributed by atoms with Crippen LogP contribution in [0.15, 0.2) is 0 Å². The summed E-state index contributed by atoms with van der Waals surface area (Å²) in [5.74, 6) is -1.19. The van der Waals surface area contributed by atoms with Gasteiger partial charge in [-0.2, -0.15) is 0 Å². The summed E-state index contributed by atoms with van der Waals surface area (Å²) < 4.78 is 8.88. The minimum atomic E-state index is -4.64. The van der Waals surface area contributed by atoms with Gasteiger partial charge in [-0.05, 0) is 6.92 Å². The predicted molar refractivity (Wildman–Crippen MR) is 43.5 cm³/mol. The van der Waals surface area contributed by atoms with Crippen molar-refractivity contribution >= 4 is 31.2 Å². The van der Waals surface area contributed by atoms with Gasteiger partial charge in [0.1, 0.15) is 6.10 Å². The average Bonchev–Trinajstić information content (AvgIpc) is 1.59. The first-order valence-electron chi connectivity index (χ1n) is 2.33. The fourth-order valence-electron chi connectivity index (χ4n) is 0. The molecule has 9 heteroatoms. The van der Waals surface area contributed by atoms with Crippen molar-refractivity contribution in [1.82, 2.24) is 0 Å². The first-order chi connectivity index (χ1) is 4.64. The molecule has 0 radical (unpaired) electrons. The number of phosphoric acid groups is 1. The van der Waals surface area contributed by atoms with Crippen molar-refractivity contribution in [2.24, 2.45) is 0 Å². The molecule has 0 aromatic rings. The average molecular weight is 218 g/mol. The highest BCUT2D eigenvalue weighted by molar-refractivity contribution is 7.45. The number of rotatable bonds is 1. The maximum atomic E-state index is 9.45. The minimum absolute atomic E-state index is 0. The molecule has 0 rings (SSSR count). The van der Waals surface area contributed by atoms with Gasteiger partial charge in [0.25, 0.3) is 0 Å². The first kappa shape index (κ1) is 18.0. The topological polar surface area (TPSA) is 135 Å². The van der Waals surface area contributed by atoms with Crippen LogP contribution < -0.4 is 0 Å². The molecule has 0 aromatic heterocycles. The SMILES string of the molecule is CC(O)C(=O)O.O=P(O)(O)O.[AlH3]. The third-order valence-corrected chi connectivity index (χ3v) is 0.357. The quantitative estimate of drug-likeness (QED) is 0.239. The van der Waals surface area contributed by atoms with E-state index in [0.29, 0.717) is 0 Å². The van der Waals surface area contributed by atoms with Gasteiger partial charge in [-0.1, -0.05) is 0 Å². The summed E-state index contributed by atoms with van der Waals surface area (Å²) in [5.41, 5.74) is 0. The summed E-state index contributed by atoms with van der Waals surface area (Å²) in [6, 6.07) is 0. The summed E-state index contributed by atoms with van der Waals surface area (Å²) in [6.07, 6.45) is -1.23. The van der Waals surface area contributed by atoms with Crippen molar-refractivity contribution in [3.05, 3.63) is 0 Å². The number of aliphatic hydroxyl groups is 1. The van der Waals surface area contributed by atoms with Gasteiger partial charge < -0.3 is 24.9 Å². The Balaban J connectivity index is -0.000000126. The molecule has 0 amide bonds. The van der Waals surface area contributed by atoms with Crippen LogP contribution in [0.3, 0.4) is 0 Å². The van der Waals surface area contributed by atoms with Crippen molar-refractivity contribution in [1.29, 1.82) is 0 Å². The van der Waals surface area contributed by atoms with Crippen molar-refractivity contribution in [2.45, 2.75) is 13.0 Å². The van der Waals surface area contributed by atoms with Crippen LogP contribution in [0.1, 0.15) is 6.92 Å². The number of carbonyl (C=O) groups is 1. The number of hydrogen-bond acceptors (Lipinski definition) is 3. The zero-order chi connectivity index (χ0) is 9.65. The molecule has 0 aliphatic rings. The van der Waals surface area contributed by atoms with Crippen molar-refractivity contribution in [2.75, 3.05) is 0 Å². The molecular formula is C3H12AlO7P. The third kappa shape index (κ3) is 50.0. The van der Waals surface area contributed by atoms with Gasteiger partial charge in [0.05, 0.1) is 0 Å². The number of aliphatic carboxylic acids is 1. The maximum absolute atomic E-state index is 9.45. The molecule has 5 N–H and O–H groups in total. The van der Waals surface area contributed by atoms with E-state index in [1.807, 2.05) is 0 Å². The second-order valence-electron chi connectivity index (χ2n) is 1.53. The van der Waals surface area contributed by atoms with E-state index in [1.54, 1.807) is 0 Å². The Labute approximate surface area is 79.0 Å². The fourth-order valence-corrected chi connectivity index (χ4v) is 0. The summed E-state index contributed by atoms with van der Waals surface area (Å²) in [6.45, 7) is 1.20. The lowest BCUT2D eigenvalue weighted by Gasteiger charge is -1.89. The van der Waals surface area contributed by atoms with Gasteiger partial charge in [-0.3, -0.25) is 0 Å². The molecule has 74 valence electrons. The van der Waals surface area contributed by atoms with Gasteiger partial charge in [0.15, 0.2) is 17.4 Å². The highest BCUT2D eigenvalue weighted by Crippen LogP contribution is 2.25. The Bertz CT molecular complexity index is 154. The second-order valence-corrected chi connectivity index (χ2v) is 2.55. The van der Waals surface area contributed by atoms with Crippen LogP contribution in [0.25, 0.3) is 0 Å². The molecule has 0 aromatic carbocycles. The number of aliphatic hydroxyl groups excluding tert-OH is 1.